The van der Waals surface area contributed by atoms with Crippen LogP contribution in [0.5, 0.6) is 0 Å². The lowest BCUT2D eigenvalue weighted by molar-refractivity contribution is 0.0841. The summed E-state index contributed by atoms with van der Waals surface area (Å²) in [4.78, 5) is 42.2. The second kappa shape index (κ2) is 6.21. The molecule has 2 rings (SSSR count). The number of hydrogen-bond donors (Lipinski definition) is 3. The van der Waals surface area contributed by atoms with Crippen LogP contribution in [0.3, 0.4) is 0 Å². The van der Waals surface area contributed by atoms with E-state index < -0.39 is 11.8 Å². The smallest absolute Gasteiger partial charge is 0.288 e. The largest absolute Gasteiger partial charge is 0.354 e. The van der Waals surface area contributed by atoms with E-state index >= 15 is 0 Å². The highest BCUT2D eigenvalue weighted by Gasteiger charge is 2.20. The molecule has 0 spiro atoms. The lowest BCUT2D eigenvalue weighted by atomic mass is 10.1. The number of ketones is 1. The van der Waals surface area contributed by atoms with E-state index in [2.05, 4.69) is 20.8 Å². The van der Waals surface area contributed by atoms with Gasteiger partial charge in [0.25, 0.3) is 11.8 Å². The Morgan fingerprint density at radius 2 is 1.77 bits per heavy atom. The minimum Gasteiger partial charge on any atom is -0.354 e. The molecule has 2 aromatic rings. The lowest BCUT2D eigenvalue weighted by Crippen LogP contribution is -2.42. The molecule has 2 aromatic heterocycles. The van der Waals surface area contributed by atoms with Gasteiger partial charge in [0.1, 0.15) is 11.4 Å². The molecule has 0 saturated carbocycles. The first-order chi connectivity index (χ1) is 10.4. The fraction of sp³-hybridized carbons (Fsp3) is 0.200. The van der Waals surface area contributed by atoms with Crippen LogP contribution in [0.4, 0.5) is 0 Å². The molecule has 3 N–H and O–H groups in total. The summed E-state index contributed by atoms with van der Waals surface area (Å²) < 4.78 is 0. The van der Waals surface area contributed by atoms with Gasteiger partial charge in [-0.3, -0.25) is 30.2 Å². The highest BCUT2D eigenvalue weighted by molar-refractivity contribution is 6.03. The molecule has 0 aliphatic carbocycles. The molecule has 7 nitrogen and oxygen atoms in total. The Labute approximate surface area is 127 Å². The van der Waals surface area contributed by atoms with Crippen LogP contribution in [0.2, 0.25) is 0 Å². The molecule has 0 aliphatic heterocycles. The summed E-state index contributed by atoms with van der Waals surface area (Å²) in [6.07, 6.45) is 1.48. The average molecular weight is 300 g/mol. The van der Waals surface area contributed by atoms with Crippen LogP contribution in [-0.2, 0) is 0 Å². The van der Waals surface area contributed by atoms with E-state index in [0.717, 1.165) is 0 Å². The van der Waals surface area contributed by atoms with E-state index in [-0.39, 0.29) is 17.2 Å². The number of Topliss-reactive ketones (excluding diaryl/α,β-unsaturated/α-hetero) is 1. The molecule has 0 atom stereocenters. The summed E-state index contributed by atoms with van der Waals surface area (Å²) >= 11 is 0. The van der Waals surface area contributed by atoms with Crippen molar-refractivity contribution in [3.8, 4) is 0 Å². The van der Waals surface area contributed by atoms with E-state index in [4.69, 9.17) is 0 Å². The molecule has 0 aliphatic rings. The number of nitrogens with one attached hydrogen (secondary N) is 3. The predicted molar refractivity (Wildman–Crippen MR) is 79.4 cm³/mol. The predicted octanol–water partition coefficient (Wildman–Crippen LogP) is 1.30. The molecule has 0 fully saturated rings. The number of nitrogens with zero attached hydrogens (tertiary/aromatic N) is 1. The number of amides is 2. The summed E-state index contributed by atoms with van der Waals surface area (Å²) in [5, 5.41) is 0. The third-order valence-electron chi connectivity index (χ3n) is 3.20. The summed E-state index contributed by atoms with van der Waals surface area (Å²) in [6, 6.07) is 4.88. The van der Waals surface area contributed by atoms with Crippen molar-refractivity contribution in [1.29, 1.82) is 0 Å². The van der Waals surface area contributed by atoms with Crippen LogP contribution in [0.25, 0.3) is 0 Å². The van der Waals surface area contributed by atoms with Gasteiger partial charge in [0.05, 0.1) is 0 Å². The zero-order valence-electron chi connectivity index (χ0n) is 12.5. The van der Waals surface area contributed by atoms with Gasteiger partial charge < -0.3 is 4.98 Å². The van der Waals surface area contributed by atoms with Gasteiger partial charge in [0, 0.05) is 17.5 Å². The quantitative estimate of drug-likeness (QED) is 0.587. The Hall–Kier alpha value is -2.96. The number of H-pyrrole nitrogens is 1. The fourth-order valence-corrected chi connectivity index (χ4v) is 2.24. The monoisotopic (exact) mass is 300 g/mol. The summed E-state index contributed by atoms with van der Waals surface area (Å²) in [5.41, 5.74) is 6.65. The van der Waals surface area contributed by atoms with Crippen molar-refractivity contribution in [2.45, 2.75) is 20.8 Å². The van der Waals surface area contributed by atoms with Crippen LogP contribution in [-0.4, -0.2) is 27.6 Å². The van der Waals surface area contributed by atoms with Gasteiger partial charge in [-0.15, -0.1) is 0 Å². The molecular formula is C15H16N4O3. The van der Waals surface area contributed by atoms with E-state index in [9.17, 15) is 14.4 Å². The van der Waals surface area contributed by atoms with E-state index in [0.29, 0.717) is 16.8 Å². The molecule has 22 heavy (non-hydrogen) atoms. The number of aromatic amines is 1. The first-order valence-electron chi connectivity index (χ1n) is 6.63. The highest BCUT2D eigenvalue weighted by atomic mass is 16.2. The third-order valence-corrected chi connectivity index (χ3v) is 3.20. The third kappa shape index (κ3) is 3.03. The van der Waals surface area contributed by atoms with Gasteiger partial charge in [-0.05, 0) is 38.5 Å². The normalized spacial score (nSPS) is 10.1. The van der Waals surface area contributed by atoms with Crippen molar-refractivity contribution in [3.05, 3.63) is 52.6 Å². The molecule has 0 aromatic carbocycles. The number of carbonyl (C=O) groups excluding carboxylic acids is 3. The van der Waals surface area contributed by atoms with Crippen LogP contribution < -0.4 is 10.9 Å². The molecule has 7 heteroatoms. The Kier molecular flexibility index (Phi) is 4.36. The lowest BCUT2D eigenvalue weighted by Gasteiger charge is -2.06. The SMILES string of the molecule is CC(=O)c1c(C)[nH]c(C(=O)NNC(=O)c2ccccn2)c1C. The highest BCUT2D eigenvalue weighted by Crippen LogP contribution is 2.18. The Morgan fingerprint density at radius 3 is 2.32 bits per heavy atom. The zero-order chi connectivity index (χ0) is 16.3. The maximum Gasteiger partial charge on any atom is 0.288 e. The van der Waals surface area contributed by atoms with Crippen LogP contribution in [0.1, 0.15) is 49.5 Å². The van der Waals surface area contributed by atoms with Crippen LogP contribution in [0, 0.1) is 13.8 Å². The maximum atomic E-state index is 12.1. The molecule has 2 heterocycles. The van der Waals surface area contributed by atoms with E-state index in [1.165, 1.54) is 19.2 Å². The van der Waals surface area contributed by atoms with Crippen molar-refractivity contribution < 1.29 is 14.4 Å². The number of carbonyl (C=O) groups is 3. The first-order valence-corrected chi connectivity index (χ1v) is 6.63. The Balaban J connectivity index is 2.09. The van der Waals surface area contributed by atoms with Crippen molar-refractivity contribution in [2.75, 3.05) is 0 Å². The van der Waals surface area contributed by atoms with Crippen LogP contribution >= 0.6 is 0 Å². The standard InChI is InChI=1S/C15H16N4O3/c1-8-12(10(3)20)9(2)17-13(8)15(22)19-18-14(21)11-6-4-5-7-16-11/h4-7,17H,1-3H3,(H,18,21)(H,19,22). The number of hydrazine groups is 1. The van der Waals surface area contributed by atoms with Gasteiger partial charge in [-0.1, -0.05) is 6.07 Å². The molecule has 0 saturated heterocycles. The van der Waals surface area contributed by atoms with E-state index in [1.807, 2.05) is 0 Å². The average Bonchev–Trinajstić information content (AvgIpc) is 2.80. The minimum atomic E-state index is -0.530. The number of aryl methyl sites for hydroxylation is 1. The number of aromatic nitrogens is 2. The maximum absolute atomic E-state index is 12.1. The Bertz CT molecular complexity index is 735. The minimum absolute atomic E-state index is 0.122. The van der Waals surface area contributed by atoms with Gasteiger partial charge in [-0.25, -0.2) is 0 Å². The molecule has 114 valence electrons. The van der Waals surface area contributed by atoms with Crippen molar-refractivity contribution in [1.82, 2.24) is 20.8 Å². The van der Waals surface area contributed by atoms with Gasteiger partial charge >= 0.3 is 0 Å². The second-order valence-electron chi connectivity index (χ2n) is 4.80. The number of hydrogen-bond acceptors (Lipinski definition) is 4. The van der Waals surface area contributed by atoms with Gasteiger partial charge in [0.15, 0.2) is 5.78 Å². The molecule has 2 amide bonds. The number of pyridine rings is 1. The molecular weight excluding hydrogens is 284 g/mol. The fourth-order valence-electron chi connectivity index (χ4n) is 2.24. The van der Waals surface area contributed by atoms with Crippen LogP contribution in [0.15, 0.2) is 24.4 Å². The second-order valence-corrected chi connectivity index (χ2v) is 4.80. The Morgan fingerprint density at radius 1 is 1.09 bits per heavy atom. The summed E-state index contributed by atoms with van der Waals surface area (Å²) in [5.74, 6) is -1.18. The van der Waals surface area contributed by atoms with E-state index in [1.54, 1.807) is 26.0 Å². The van der Waals surface area contributed by atoms with Crippen molar-refractivity contribution in [3.63, 3.8) is 0 Å². The van der Waals surface area contributed by atoms with Crippen molar-refractivity contribution >= 4 is 17.6 Å². The number of rotatable bonds is 3. The summed E-state index contributed by atoms with van der Waals surface area (Å²) in [7, 11) is 0. The zero-order valence-corrected chi connectivity index (χ0v) is 12.5. The van der Waals surface area contributed by atoms with Gasteiger partial charge in [0.2, 0.25) is 0 Å². The molecule has 0 unspecified atom stereocenters. The topological polar surface area (TPSA) is 104 Å². The molecule has 0 radical (unpaired) electrons. The summed E-state index contributed by atoms with van der Waals surface area (Å²) in [6.45, 7) is 4.83. The first kappa shape index (κ1) is 15.4. The molecule has 0 bridgehead atoms. The van der Waals surface area contributed by atoms with Crippen molar-refractivity contribution in [2.24, 2.45) is 0 Å². The van der Waals surface area contributed by atoms with Gasteiger partial charge in [-0.2, -0.15) is 0 Å².